The molecule has 0 saturated carbocycles. The number of nitrogens with zero attached hydrogens (tertiary/aromatic N) is 1. The molecule has 0 saturated heterocycles. The van der Waals surface area contributed by atoms with Gasteiger partial charge >= 0.3 is 0 Å². The molecule has 0 aliphatic carbocycles. The van der Waals surface area contributed by atoms with Crippen LogP contribution in [-0.2, 0) is 14.2 Å². The molecule has 0 bridgehead atoms. The smallest absolute Gasteiger partial charge is 0.143 e. The van der Waals surface area contributed by atoms with E-state index in [1.807, 2.05) is 7.11 Å². The summed E-state index contributed by atoms with van der Waals surface area (Å²) in [5.41, 5.74) is -0.439. The van der Waals surface area contributed by atoms with Gasteiger partial charge in [0.2, 0.25) is 0 Å². The minimum absolute atomic E-state index is 0.205. The molecule has 0 rings (SSSR count). The zero-order valence-electron chi connectivity index (χ0n) is 23.3. The van der Waals surface area contributed by atoms with E-state index in [0.29, 0.717) is 5.92 Å². The highest BCUT2D eigenvalue weighted by Gasteiger charge is 2.32. The second-order valence-electron chi connectivity index (χ2n) is 11.1. The first-order chi connectivity index (χ1) is 15.2. The van der Waals surface area contributed by atoms with Gasteiger partial charge in [0.15, 0.2) is 0 Å². The number of unbranched alkanes of at least 4 members (excludes halogenated alkanes) is 12. The van der Waals surface area contributed by atoms with Crippen LogP contribution in [0, 0.1) is 5.92 Å². The van der Waals surface area contributed by atoms with Gasteiger partial charge in [-0.25, -0.2) is 0 Å². The van der Waals surface area contributed by atoms with Crippen LogP contribution in [0.2, 0.25) is 0 Å². The molecule has 0 aromatic carbocycles. The quantitative estimate of drug-likeness (QED) is 0.0799. The second-order valence-corrected chi connectivity index (χ2v) is 12.6. The summed E-state index contributed by atoms with van der Waals surface area (Å²) in [5.74, 6) is 0.573. The van der Waals surface area contributed by atoms with Crippen molar-refractivity contribution in [2.24, 2.45) is 5.92 Å². The monoisotopic (exact) mass is 474 g/mol. The predicted molar refractivity (Wildman–Crippen MR) is 143 cm³/mol. The van der Waals surface area contributed by atoms with Crippen molar-refractivity contribution in [3.63, 3.8) is 0 Å². The van der Waals surface area contributed by atoms with Crippen LogP contribution < -0.4 is 0 Å². The lowest BCUT2D eigenvalue weighted by Gasteiger charge is -2.35. The van der Waals surface area contributed by atoms with Crippen LogP contribution in [0.15, 0.2) is 0 Å². The Morgan fingerprint density at radius 3 is 1.50 bits per heavy atom. The number of rotatable bonds is 23. The molecule has 2 atom stereocenters. The minimum atomic E-state index is -0.439. The van der Waals surface area contributed by atoms with Crippen LogP contribution in [-0.4, -0.2) is 75.3 Å². The summed E-state index contributed by atoms with van der Waals surface area (Å²) >= 11 is 0. The maximum absolute atomic E-state index is 6.00. The number of methoxy groups -OCH3 is 3. The number of hydrogen-bond donors (Lipinski definition) is 0. The molecule has 0 spiro atoms. The molecule has 0 N–H and O–H groups in total. The van der Waals surface area contributed by atoms with Crippen molar-refractivity contribution >= 4 is 10.2 Å². The average Bonchev–Trinajstić information content (AvgIpc) is 2.76. The molecule has 0 aromatic rings. The highest BCUT2D eigenvalue weighted by molar-refractivity contribution is 6.13. The number of ether oxygens (including phenoxy) is 3. The summed E-state index contributed by atoms with van der Waals surface area (Å²) in [5, 5.41) is 0. The lowest BCUT2D eigenvalue weighted by molar-refractivity contribution is -0.871. The fourth-order valence-electron chi connectivity index (χ4n) is 4.55. The molecule has 0 fully saturated rings. The van der Waals surface area contributed by atoms with Crippen molar-refractivity contribution in [2.45, 2.75) is 121 Å². The average molecular weight is 475 g/mol. The summed E-state index contributed by atoms with van der Waals surface area (Å²) in [7, 11) is 13.1. The maximum atomic E-state index is 6.00. The summed E-state index contributed by atoms with van der Waals surface area (Å²) in [4.78, 5) is 0. The molecule has 194 valence electrons. The number of quaternary nitrogens is 1. The summed E-state index contributed by atoms with van der Waals surface area (Å²) in [6.45, 7) is 3.47. The van der Waals surface area contributed by atoms with Gasteiger partial charge in [0.25, 0.3) is 0 Å². The van der Waals surface area contributed by atoms with Crippen LogP contribution in [0.3, 0.4) is 0 Å². The van der Waals surface area contributed by atoms with Gasteiger partial charge in [-0.3, -0.25) is 0 Å². The minimum Gasteiger partial charge on any atom is -0.381 e. The van der Waals surface area contributed by atoms with Crippen LogP contribution in [0.1, 0.15) is 110 Å². The van der Waals surface area contributed by atoms with Crippen molar-refractivity contribution in [3.8, 4) is 0 Å². The van der Waals surface area contributed by atoms with Gasteiger partial charge in [0.1, 0.15) is 5.41 Å². The Labute approximate surface area is 205 Å². The lowest BCUT2D eigenvalue weighted by Crippen LogP contribution is -2.43. The summed E-state index contributed by atoms with van der Waals surface area (Å²) in [6, 6.07) is 0. The number of hydrogen-bond acceptors (Lipinski definition) is 3. The van der Waals surface area contributed by atoms with E-state index >= 15 is 0 Å². The van der Waals surface area contributed by atoms with Crippen molar-refractivity contribution in [2.75, 3.05) is 49.0 Å². The predicted octanol–water partition coefficient (Wildman–Crippen LogP) is 5.90. The first-order valence-electron chi connectivity index (χ1n) is 13.6. The largest absolute Gasteiger partial charge is 0.381 e. The molecule has 32 heavy (non-hydrogen) atoms. The van der Waals surface area contributed by atoms with Crippen LogP contribution in [0.25, 0.3) is 0 Å². The van der Waals surface area contributed by atoms with E-state index in [1.54, 1.807) is 14.2 Å². The van der Waals surface area contributed by atoms with Gasteiger partial charge in [-0.15, -0.1) is 0 Å². The molecule has 0 aliphatic heterocycles. The van der Waals surface area contributed by atoms with E-state index in [-0.39, 0.29) is 6.10 Å². The molecule has 2 unspecified atom stereocenters. The highest BCUT2D eigenvalue weighted by atomic mass is 28.1. The lowest BCUT2D eigenvalue weighted by atomic mass is 9.89. The topological polar surface area (TPSA) is 27.7 Å². The standard InChI is InChI=1S/C27H60NO3Si/c1-8-9-10-11-12-13-14-15-16-17-18-19-20-21-25(22-23-28(2,3)4)26(29-5)24-27(32,30-6)31-7/h25-26H,8-24H2,1-7,32H3/q+1. The van der Waals surface area contributed by atoms with E-state index in [9.17, 15) is 0 Å². The van der Waals surface area contributed by atoms with E-state index in [2.05, 4.69) is 28.1 Å². The Morgan fingerprint density at radius 1 is 0.688 bits per heavy atom. The van der Waals surface area contributed by atoms with Crippen LogP contribution in [0.4, 0.5) is 0 Å². The third-order valence-corrected chi connectivity index (χ3v) is 8.34. The van der Waals surface area contributed by atoms with Crippen LogP contribution in [0.5, 0.6) is 0 Å². The fourth-order valence-corrected chi connectivity index (χ4v) is 4.95. The third kappa shape index (κ3) is 17.5. The Bertz CT molecular complexity index is 410. The van der Waals surface area contributed by atoms with Gasteiger partial charge in [0.05, 0.1) is 44.0 Å². The van der Waals surface area contributed by atoms with E-state index < -0.39 is 5.41 Å². The third-order valence-electron chi connectivity index (χ3n) is 7.11. The zero-order valence-corrected chi connectivity index (χ0v) is 25.3. The Balaban J connectivity index is 4.22. The van der Waals surface area contributed by atoms with Gasteiger partial charge in [-0.2, -0.15) is 0 Å². The van der Waals surface area contributed by atoms with Crippen molar-refractivity contribution in [3.05, 3.63) is 0 Å². The summed E-state index contributed by atoms with van der Waals surface area (Å²) < 4.78 is 18.4. The van der Waals surface area contributed by atoms with Gasteiger partial charge in [-0.1, -0.05) is 90.4 Å². The SMILES string of the molecule is CCCCCCCCCCCCCCCC(CC[N+](C)(C)C)C(CC([SiH3])(OC)OC)OC. The van der Waals surface area contributed by atoms with Gasteiger partial charge in [-0.05, 0) is 12.3 Å². The Hall–Kier alpha value is 0.0569. The molecule has 4 nitrogen and oxygen atoms in total. The van der Waals surface area contributed by atoms with E-state index in [0.717, 1.165) is 21.1 Å². The molecular weight excluding hydrogens is 414 g/mol. The normalized spacial score (nSPS) is 14.7. The van der Waals surface area contributed by atoms with Crippen molar-refractivity contribution in [1.82, 2.24) is 0 Å². The summed E-state index contributed by atoms with van der Waals surface area (Å²) in [6.07, 6.45) is 21.8. The van der Waals surface area contributed by atoms with Gasteiger partial charge < -0.3 is 18.7 Å². The van der Waals surface area contributed by atoms with E-state index in [1.165, 1.54) is 103 Å². The fraction of sp³-hybridized carbons (Fsp3) is 1.00. The first-order valence-corrected chi connectivity index (χ1v) is 14.6. The Morgan fingerprint density at radius 2 is 1.12 bits per heavy atom. The first kappa shape index (κ1) is 32.1. The molecule has 0 amide bonds. The van der Waals surface area contributed by atoms with Crippen molar-refractivity contribution < 1.29 is 18.7 Å². The van der Waals surface area contributed by atoms with Gasteiger partial charge in [0, 0.05) is 34.2 Å². The highest BCUT2D eigenvalue weighted by Crippen LogP contribution is 2.28. The second kappa shape index (κ2) is 19.4. The zero-order chi connectivity index (χ0) is 24.3. The molecule has 0 radical (unpaired) electrons. The van der Waals surface area contributed by atoms with E-state index in [4.69, 9.17) is 14.2 Å². The van der Waals surface area contributed by atoms with Crippen LogP contribution >= 0.6 is 0 Å². The maximum Gasteiger partial charge on any atom is 0.143 e. The van der Waals surface area contributed by atoms with Crippen molar-refractivity contribution in [1.29, 1.82) is 0 Å². The molecule has 5 heteroatoms. The Kier molecular flexibility index (Phi) is 19.4. The molecule has 0 heterocycles. The molecular formula is C27H60NO3Si+. The molecule has 0 aliphatic rings. The molecule has 0 aromatic heterocycles.